The first-order chi connectivity index (χ1) is 9.60. The van der Waals surface area contributed by atoms with Crippen LogP contribution in [-0.4, -0.2) is 7.05 Å². The highest BCUT2D eigenvalue weighted by molar-refractivity contribution is 6.32. The summed E-state index contributed by atoms with van der Waals surface area (Å²) in [6.45, 7) is 5.14. The van der Waals surface area contributed by atoms with Gasteiger partial charge in [0.05, 0.1) is 5.02 Å². The first kappa shape index (κ1) is 14.9. The third-order valence-electron chi connectivity index (χ3n) is 3.15. The Labute approximate surface area is 125 Å². The Morgan fingerprint density at radius 1 is 1.10 bits per heavy atom. The maximum Gasteiger partial charge on any atom is 0.146 e. The van der Waals surface area contributed by atoms with Crippen LogP contribution in [-0.2, 0) is 6.54 Å². The van der Waals surface area contributed by atoms with Gasteiger partial charge in [0.25, 0.3) is 0 Å². The van der Waals surface area contributed by atoms with Gasteiger partial charge in [-0.25, -0.2) is 0 Å². The van der Waals surface area contributed by atoms with Crippen molar-refractivity contribution in [2.45, 2.75) is 26.3 Å². The van der Waals surface area contributed by atoms with Crippen LogP contribution in [0.2, 0.25) is 5.02 Å². The predicted octanol–water partition coefficient (Wildman–Crippen LogP) is 4.98. The number of ether oxygens (including phenoxy) is 1. The molecule has 0 saturated carbocycles. The van der Waals surface area contributed by atoms with Gasteiger partial charge in [-0.1, -0.05) is 43.6 Å². The van der Waals surface area contributed by atoms with Crippen LogP contribution in [0.4, 0.5) is 0 Å². The fraction of sp³-hybridized carbons (Fsp3) is 0.294. The van der Waals surface area contributed by atoms with E-state index in [4.69, 9.17) is 16.3 Å². The van der Waals surface area contributed by atoms with Crippen molar-refractivity contribution in [2.75, 3.05) is 7.05 Å². The topological polar surface area (TPSA) is 21.3 Å². The van der Waals surface area contributed by atoms with Gasteiger partial charge in [0.15, 0.2) is 0 Å². The van der Waals surface area contributed by atoms with Gasteiger partial charge < -0.3 is 10.1 Å². The standard InChI is InChI=1S/C17H20ClNO/c1-12(2)14-5-7-15(8-6-14)20-17-9-4-13(11-19-3)10-16(17)18/h4-10,12,19H,11H2,1-3H3. The molecule has 0 aliphatic rings. The number of nitrogens with one attached hydrogen (secondary N) is 1. The lowest BCUT2D eigenvalue weighted by Gasteiger charge is -2.11. The predicted molar refractivity (Wildman–Crippen MR) is 84.8 cm³/mol. The number of benzene rings is 2. The number of hydrogen-bond acceptors (Lipinski definition) is 2. The fourth-order valence-corrected chi connectivity index (χ4v) is 2.23. The summed E-state index contributed by atoms with van der Waals surface area (Å²) in [4.78, 5) is 0. The van der Waals surface area contributed by atoms with Crippen LogP contribution in [0.15, 0.2) is 42.5 Å². The van der Waals surface area contributed by atoms with Gasteiger partial charge in [-0.2, -0.15) is 0 Å². The Morgan fingerprint density at radius 2 is 1.80 bits per heavy atom. The first-order valence-electron chi connectivity index (χ1n) is 6.81. The van der Waals surface area contributed by atoms with Crippen molar-refractivity contribution >= 4 is 11.6 Å². The Morgan fingerprint density at radius 3 is 2.35 bits per heavy atom. The van der Waals surface area contributed by atoms with Gasteiger partial charge in [0.2, 0.25) is 0 Å². The molecular formula is C17H20ClNO. The van der Waals surface area contributed by atoms with Crippen LogP contribution in [0, 0.1) is 0 Å². The molecule has 0 saturated heterocycles. The van der Waals surface area contributed by atoms with Crippen LogP contribution >= 0.6 is 11.6 Å². The number of hydrogen-bond donors (Lipinski definition) is 1. The molecule has 0 aliphatic carbocycles. The molecule has 106 valence electrons. The molecule has 0 heterocycles. The van der Waals surface area contributed by atoms with Crippen molar-refractivity contribution in [2.24, 2.45) is 0 Å². The summed E-state index contributed by atoms with van der Waals surface area (Å²) in [5.41, 5.74) is 2.44. The lowest BCUT2D eigenvalue weighted by molar-refractivity contribution is 0.482. The third-order valence-corrected chi connectivity index (χ3v) is 3.45. The minimum absolute atomic E-state index is 0.522. The summed E-state index contributed by atoms with van der Waals surface area (Å²) >= 11 is 6.24. The van der Waals surface area contributed by atoms with Gasteiger partial charge in [0.1, 0.15) is 11.5 Å². The maximum absolute atomic E-state index is 6.24. The van der Waals surface area contributed by atoms with E-state index >= 15 is 0 Å². The minimum Gasteiger partial charge on any atom is -0.456 e. The van der Waals surface area contributed by atoms with E-state index < -0.39 is 0 Å². The summed E-state index contributed by atoms with van der Waals surface area (Å²) in [6.07, 6.45) is 0. The van der Waals surface area contributed by atoms with Crippen LogP contribution < -0.4 is 10.1 Å². The smallest absolute Gasteiger partial charge is 0.146 e. The summed E-state index contributed by atoms with van der Waals surface area (Å²) in [5.74, 6) is 2.01. The highest BCUT2D eigenvalue weighted by Crippen LogP contribution is 2.30. The van der Waals surface area contributed by atoms with Gasteiger partial charge in [-0.3, -0.25) is 0 Å². The Balaban J connectivity index is 2.13. The first-order valence-corrected chi connectivity index (χ1v) is 7.19. The van der Waals surface area contributed by atoms with Gasteiger partial charge >= 0.3 is 0 Å². The highest BCUT2D eigenvalue weighted by atomic mass is 35.5. The van der Waals surface area contributed by atoms with E-state index in [0.717, 1.165) is 17.9 Å². The van der Waals surface area contributed by atoms with Crippen LogP contribution in [0.3, 0.4) is 0 Å². The molecule has 20 heavy (non-hydrogen) atoms. The highest BCUT2D eigenvalue weighted by Gasteiger charge is 2.05. The zero-order valence-electron chi connectivity index (χ0n) is 12.1. The minimum atomic E-state index is 0.522. The molecule has 0 bridgehead atoms. The van der Waals surface area contributed by atoms with E-state index in [-0.39, 0.29) is 0 Å². The molecule has 2 nitrogen and oxygen atoms in total. The molecule has 0 radical (unpaired) electrons. The van der Waals surface area contributed by atoms with Crippen molar-refractivity contribution in [1.82, 2.24) is 5.32 Å². The van der Waals surface area contributed by atoms with Crippen LogP contribution in [0.5, 0.6) is 11.5 Å². The van der Waals surface area contributed by atoms with E-state index in [2.05, 4.69) is 31.3 Å². The summed E-state index contributed by atoms with van der Waals surface area (Å²) < 4.78 is 5.82. The van der Waals surface area contributed by atoms with Crippen molar-refractivity contribution in [3.63, 3.8) is 0 Å². The average molecular weight is 290 g/mol. The molecule has 2 aromatic carbocycles. The molecule has 0 fully saturated rings. The second-order valence-corrected chi connectivity index (χ2v) is 5.53. The number of rotatable bonds is 5. The molecule has 3 heteroatoms. The van der Waals surface area contributed by atoms with Crippen LogP contribution in [0.1, 0.15) is 30.9 Å². The molecule has 2 rings (SSSR count). The third kappa shape index (κ3) is 3.75. The molecule has 0 aliphatic heterocycles. The molecule has 0 aromatic heterocycles. The molecule has 1 N–H and O–H groups in total. The average Bonchev–Trinajstić information content (AvgIpc) is 2.43. The second kappa shape index (κ2) is 6.78. The Kier molecular flexibility index (Phi) is 5.05. The SMILES string of the molecule is CNCc1ccc(Oc2ccc(C(C)C)cc2)c(Cl)c1. The van der Waals surface area contributed by atoms with E-state index in [1.54, 1.807) is 0 Å². The lowest BCUT2D eigenvalue weighted by atomic mass is 10.0. The van der Waals surface area contributed by atoms with Crippen molar-refractivity contribution in [3.8, 4) is 11.5 Å². The quantitative estimate of drug-likeness (QED) is 0.838. The monoisotopic (exact) mass is 289 g/mol. The summed E-state index contributed by atoms with van der Waals surface area (Å²) in [6, 6.07) is 14.0. The lowest BCUT2D eigenvalue weighted by Crippen LogP contribution is -2.04. The van der Waals surface area contributed by atoms with Crippen molar-refractivity contribution in [1.29, 1.82) is 0 Å². The zero-order valence-corrected chi connectivity index (χ0v) is 12.9. The molecule has 0 unspecified atom stereocenters. The zero-order chi connectivity index (χ0) is 14.5. The maximum atomic E-state index is 6.24. The van der Waals surface area contributed by atoms with E-state index in [1.165, 1.54) is 5.56 Å². The summed E-state index contributed by atoms with van der Waals surface area (Å²) in [5, 5.41) is 3.73. The molecule has 0 amide bonds. The molecule has 0 spiro atoms. The number of halogens is 1. The van der Waals surface area contributed by atoms with E-state index in [1.807, 2.05) is 37.4 Å². The molecule has 0 atom stereocenters. The van der Waals surface area contributed by atoms with Crippen molar-refractivity contribution < 1.29 is 4.74 Å². The molecule has 2 aromatic rings. The van der Waals surface area contributed by atoms with Gasteiger partial charge in [-0.05, 0) is 48.4 Å². The Hall–Kier alpha value is -1.51. The van der Waals surface area contributed by atoms with E-state index in [9.17, 15) is 0 Å². The normalized spacial score (nSPS) is 10.8. The molecular weight excluding hydrogens is 270 g/mol. The largest absolute Gasteiger partial charge is 0.456 e. The van der Waals surface area contributed by atoms with Crippen molar-refractivity contribution in [3.05, 3.63) is 58.6 Å². The second-order valence-electron chi connectivity index (χ2n) is 5.12. The van der Waals surface area contributed by atoms with Crippen LogP contribution in [0.25, 0.3) is 0 Å². The van der Waals surface area contributed by atoms with Gasteiger partial charge in [0, 0.05) is 6.54 Å². The van der Waals surface area contributed by atoms with Gasteiger partial charge in [-0.15, -0.1) is 0 Å². The summed E-state index contributed by atoms with van der Waals surface area (Å²) in [7, 11) is 1.91. The fourth-order valence-electron chi connectivity index (χ4n) is 1.99. The van der Waals surface area contributed by atoms with E-state index in [0.29, 0.717) is 16.7 Å². The Bertz CT molecular complexity index is 564.